The number of carbonyl (C=O) groups is 3. The van der Waals surface area contributed by atoms with E-state index in [1.54, 1.807) is 42.5 Å². The number of amides is 1. The zero-order chi connectivity index (χ0) is 15.2. The van der Waals surface area contributed by atoms with Gasteiger partial charge in [0.15, 0.2) is 0 Å². The lowest BCUT2D eigenvalue weighted by molar-refractivity contribution is -0.106. The summed E-state index contributed by atoms with van der Waals surface area (Å²) in [4.78, 5) is 35.8. The number of aromatic carboxylic acids is 1. The molecule has 0 bridgehead atoms. The second-order valence-corrected chi connectivity index (χ2v) is 4.27. The Morgan fingerprint density at radius 3 is 2.10 bits per heavy atom. The van der Waals surface area contributed by atoms with Gasteiger partial charge in [-0.15, -0.1) is 0 Å². The van der Waals surface area contributed by atoms with Crippen molar-refractivity contribution in [1.82, 2.24) is 0 Å². The molecule has 5 nitrogen and oxygen atoms in total. The number of carbonyl (C=O) groups excluding carboxylic acids is 2. The van der Waals surface area contributed by atoms with E-state index in [1.807, 2.05) is 0 Å². The number of hydrogen-bond donors (Lipinski definition) is 1. The SMILES string of the molecule is O=CCN(C(=O)c1ccccc1C(=O)O)c1ccccc1. The van der Waals surface area contributed by atoms with Gasteiger partial charge in [-0.2, -0.15) is 0 Å². The molecule has 0 unspecified atom stereocenters. The predicted molar refractivity (Wildman–Crippen MR) is 77.6 cm³/mol. The minimum absolute atomic E-state index is 0.0516. The quantitative estimate of drug-likeness (QED) is 0.854. The molecular weight excluding hydrogens is 270 g/mol. The van der Waals surface area contributed by atoms with Gasteiger partial charge in [-0.25, -0.2) is 4.79 Å². The highest BCUT2D eigenvalue weighted by atomic mass is 16.4. The summed E-state index contributed by atoms with van der Waals surface area (Å²) in [6.07, 6.45) is 0.605. The summed E-state index contributed by atoms with van der Waals surface area (Å²) in [5.74, 6) is -1.70. The van der Waals surface area contributed by atoms with E-state index in [0.29, 0.717) is 12.0 Å². The van der Waals surface area contributed by atoms with Gasteiger partial charge in [-0.3, -0.25) is 4.79 Å². The molecule has 0 aliphatic rings. The van der Waals surface area contributed by atoms with E-state index in [1.165, 1.54) is 17.0 Å². The Kier molecular flexibility index (Phi) is 4.46. The van der Waals surface area contributed by atoms with E-state index >= 15 is 0 Å². The topological polar surface area (TPSA) is 74.7 Å². The number of carboxylic acids is 1. The van der Waals surface area contributed by atoms with Crippen molar-refractivity contribution in [3.05, 3.63) is 65.7 Å². The fraction of sp³-hybridized carbons (Fsp3) is 0.0625. The van der Waals surface area contributed by atoms with Crippen molar-refractivity contribution in [2.45, 2.75) is 0 Å². The molecule has 0 radical (unpaired) electrons. The lowest BCUT2D eigenvalue weighted by atomic mass is 10.1. The molecule has 2 aromatic rings. The molecule has 2 rings (SSSR count). The molecule has 0 heterocycles. The first-order chi connectivity index (χ1) is 10.1. The van der Waals surface area contributed by atoms with Crippen molar-refractivity contribution in [3.63, 3.8) is 0 Å². The predicted octanol–water partition coefficient (Wildman–Crippen LogP) is 2.23. The maximum Gasteiger partial charge on any atom is 0.336 e. The van der Waals surface area contributed by atoms with Gasteiger partial charge in [0.2, 0.25) is 0 Å². The van der Waals surface area contributed by atoms with E-state index in [-0.39, 0.29) is 17.7 Å². The number of carboxylic acid groups (broad SMARTS) is 1. The first kappa shape index (κ1) is 14.5. The Balaban J connectivity index is 2.45. The van der Waals surface area contributed by atoms with Crippen LogP contribution in [0.5, 0.6) is 0 Å². The van der Waals surface area contributed by atoms with Gasteiger partial charge >= 0.3 is 5.97 Å². The first-order valence-corrected chi connectivity index (χ1v) is 6.28. The minimum Gasteiger partial charge on any atom is -0.478 e. The third-order valence-electron chi connectivity index (χ3n) is 2.96. The van der Waals surface area contributed by atoms with E-state index in [9.17, 15) is 14.4 Å². The van der Waals surface area contributed by atoms with E-state index in [4.69, 9.17) is 5.11 Å². The smallest absolute Gasteiger partial charge is 0.336 e. The van der Waals surface area contributed by atoms with Crippen molar-refractivity contribution in [2.24, 2.45) is 0 Å². The second kappa shape index (κ2) is 6.47. The molecule has 106 valence electrons. The number of hydrogen-bond acceptors (Lipinski definition) is 3. The number of aldehydes is 1. The van der Waals surface area contributed by atoms with Gasteiger partial charge in [0.25, 0.3) is 5.91 Å². The summed E-state index contributed by atoms with van der Waals surface area (Å²) in [7, 11) is 0. The first-order valence-electron chi connectivity index (χ1n) is 6.28. The molecular formula is C16H13NO4. The number of benzene rings is 2. The normalized spacial score (nSPS) is 9.90. The van der Waals surface area contributed by atoms with Crippen LogP contribution in [0.25, 0.3) is 0 Å². The largest absolute Gasteiger partial charge is 0.478 e. The summed E-state index contributed by atoms with van der Waals surface area (Å²) >= 11 is 0. The van der Waals surface area contributed by atoms with Crippen LogP contribution >= 0.6 is 0 Å². The lowest BCUT2D eigenvalue weighted by Crippen LogP contribution is -2.33. The van der Waals surface area contributed by atoms with Gasteiger partial charge in [-0.1, -0.05) is 30.3 Å². The Hall–Kier alpha value is -2.95. The maximum absolute atomic E-state index is 12.6. The van der Waals surface area contributed by atoms with Gasteiger partial charge in [-0.05, 0) is 24.3 Å². The summed E-state index contributed by atoms with van der Waals surface area (Å²) in [6.45, 7) is -0.142. The van der Waals surface area contributed by atoms with Gasteiger partial charge in [0.1, 0.15) is 6.29 Å². The van der Waals surface area contributed by atoms with E-state index in [2.05, 4.69) is 0 Å². The van der Waals surface area contributed by atoms with Crippen LogP contribution in [0.15, 0.2) is 54.6 Å². The average Bonchev–Trinajstić information content (AvgIpc) is 2.52. The zero-order valence-electron chi connectivity index (χ0n) is 11.1. The number of nitrogens with zero attached hydrogens (tertiary/aromatic N) is 1. The van der Waals surface area contributed by atoms with Gasteiger partial charge in [0.05, 0.1) is 17.7 Å². The third-order valence-corrected chi connectivity index (χ3v) is 2.96. The highest BCUT2D eigenvalue weighted by Gasteiger charge is 2.22. The van der Waals surface area contributed by atoms with E-state index < -0.39 is 11.9 Å². The minimum atomic E-state index is -1.18. The summed E-state index contributed by atoms with van der Waals surface area (Å²) in [5, 5.41) is 9.16. The van der Waals surface area contributed by atoms with Crippen molar-refractivity contribution < 1.29 is 19.5 Å². The molecule has 0 saturated heterocycles. The Morgan fingerprint density at radius 2 is 1.52 bits per heavy atom. The highest BCUT2D eigenvalue weighted by Crippen LogP contribution is 2.18. The number of rotatable bonds is 5. The second-order valence-electron chi connectivity index (χ2n) is 4.27. The van der Waals surface area contributed by atoms with Crippen LogP contribution in [-0.2, 0) is 4.79 Å². The molecule has 1 N–H and O–H groups in total. The molecule has 0 aliphatic heterocycles. The van der Waals surface area contributed by atoms with Gasteiger partial charge in [0, 0.05) is 5.69 Å². The summed E-state index contributed by atoms with van der Waals surface area (Å²) in [6, 6.07) is 14.6. The number of anilines is 1. The molecule has 0 spiro atoms. The summed E-state index contributed by atoms with van der Waals surface area (Å²) in [5.41, 5.74) is 0.500. The third kappa shape index (κ3) is 3.14. The molecule has 0 aliphatic carbocycles. The van der Waals surface area contributed by atoms with Crippen LogP contribution in [0.1, 0.15) is 20.7 Å². The monoisotopic (exact) mass is 283 g/mol. The van der Waals surface area contributed by atoms with Crippen LogP contribution in [-0.4, -0.2) is 29.8 Å². The maximum atomic E-state index is 12.6. The van der Waals surface area contributed by atoms with Crippen LogP contribution in [0.2, 0.25) is 0 Å². The standard InChI is InChI=1S/C16H13NO4/c18-11-10-17(12-6-2-1-3-7-12)15(19)13-8-4-5-9-14(13)16(20)21/h1-9,11H,10H2,(H,20,21). The molecule has 5 heteroatoms. The molecule has 21 heavy (non-hydrogen) atoms. The zero-order valence-corrected chi connectivity index (χ0v) is 11.1. The molecule has 0 fully saturated rings. The van der Waals surface area contributed by atoms with Crippen LogP contribution in [0.3, 0.4) is 0 Å². The van der Waals surface area contributed by atoms with Crippen molar-refractivity contribution in [3.8, 4) is 0 Å². The van der Waals surface area contributed by atoms with Crippen LogP contribution < -0.4 is 4.90 Å². The van der Waals surface area contributed by atoms with Crippen LogP contribution in [0, 0.1) is 0 Å². The lowest BCUT2D eigenvalue weighted by Gasteiger charge is -2.21. The van der Waals surface area contributed by atoms with Crippen molar-refractivity contribution in [2.75, 3.05) is 11.4 Å². The van der Waals surface area contributed by atoms with Crippen LogP contribution in [0.4, 0.5) is 5.69 Å². The Bertz CT molecular complexity index is 667. The molecule has 1 amide bonds. The number of para-hydroxylation sites is 1. The molecule has 0 saturated carbocycles. The van der Waals surface area contributed by atoms with Crippen molar-refractivity contribution in [1.29, 1.82) is 0 Å². The van der Waals surface area contributed by atoms with Crippen molar-refractivity contribution >= 4 is 23.9 Å². The molecule has 2 aromatic carbocycles. The summed E-state index contributed by atoms with van der Waals surface area (Å²) < 4.78 is 0. The fourth-order valence-electron chi connectivity index (χ4n) is 1.99. The highest BCUT2D eigenvalue weighted by molar-refractivity contribution is 6.12. The fourth-order valence-corrected chi connectivity index (χ4v) is 1.99. The average molecular weight is 283 g/mol. The van der Waals surface area contributed by atoms with E-state index in [0.717, 1.165) is 0 Å². The van der Waals surface area contributed by atoms with Gasteiger partial charge < -0.3 is 14.8 Å². The molecule has 0 atom stereocenters. The Morgan fingerprint density at radius 1 is 0.952 bits per heavy atom. The Labute approximate surface area is 121 Å². The molecule has 0 aromatic heterocycles.